The normalized spacial score (nSPS) is 14.2. The summed E-state index contributed by atoms with van der Waals surface area (Å²) in [5.74, 6) is -2.22. The molecule has 1 heterocycles. The van der Waals surface area contributed by atoms with Crippen molar-refractivity contribution in [1.82, 2.24) is 0 Å². The average Bonchev–Trinajstić information content (AvgIpc) is 2.96. The fourth-order valence-electron chi connectivity index (χ4n) is 2.08. The summed E-state index contributed by atoms with van der Waals surface area (Å²) in [5, 5.41) is 8.78. The number of thiophene rings is 1. The molecule has 0 spiro atoms. The minimum absolute atomic E-state index is 0.0383. The summed E-state index contributed by atoms with van der Waals surface area (Å²) in [4.78, 5) is 25.2. The molecule has 0 saturated carbocycles. The monoisotopic (exact) mass is 290 g/mol. The Morgan fingerprint density at radius 3 is 2.90 bits per heavy atom. The number of fused-ring (bicyclic) bond motifs is 1. The molecule has 0 unspecified atom stereocenters. The summed E-state index contributed by atoms with van der Waals surface area (Å²) in [6.45, 7) is 2.90. The van der Waals surface area contributed by atoms with Crippen LogP contribution in [-0.2, 0) is 22.4 Å². The molecular weight excluding hydrogens is 276 g/mol. The second-order valence-electron chi connectivity index (χ2n) is 4.59. The number of Topliss-reactive ketones (excluding diaryl/α,β-unsaturated/α-hetero) is 1. The number of carbonyl (C=O) groups excluding carboxylic acids is 2. The third-order valence-corrected chi connectivity index (χ3v) is 4.33. The van der Waals surface area contributed by atoms with E-state index in [1.165, 1.54) is 21.8 Å². The molecule has 0 amide bonds. The number of allylic oxidation sites excluding steroid dienone is 1. The fraction of sp³-hybridized carbons (Fsp3) is 0.357. The summed E-state index contributed by atoms with van der Waals surface area (Å²) < 4.78 is 4.93. The third kappa shape index (κ3) is 2.89. The van der Waals surface area contributed by atoms with Gasteiger partial charge in [-0.3, -0.25) is 4.79 Å². The largest absolute Gasteiger partial charge is 0.453 e. The molecular formula is C14H14N2O3S. The molecule has 1 aliphatic rings. The third-order valence-electron chi connectivity index (χ3n) is 3.12. The molecule has 0 fully saturated rings. The van der Waals surface area contributed by atoms with Gasteiger partial charge in [-0.1, -0.05) is 6.58 Å². The van der Waals surface area contributed by atoms with Crippen LogP contribution in [0.15, 0.2) is 18.3 Å². The van der Waals surface area contributed by atoms with Crippen LogP contribution in [0, 0.1) is 17.2 Å². The number of hydrogen-bond donors (Lipinski definition) is 1. The molecule has 0 saturated heterocycles. The quantitative estimate of drug-likeness (QED) is 0.831. The maximum Gasteiger partial charge on any atom is 0.348 e. The van der Waals surface area contributed by atoms with Crippen LogP contribution in [0.2, 0.25) is 0 Å². The van der Waals surface area contributed by atoms with E-state index in [4.69, 9.17) is 15.7 Å². The molecule has 0 aromatic carbocycles. The van der Waals surface area contributed by atoms with E-state index in [0.717, 1.165) is 19.3 Å². The first kappa shape index (κ1) is 14.3. The highest BCUT2D eigenvalue weighted by Gasteiger charge is 2.23. The van der Waals surface area contributed by atoms with Gasteiger partial charge >= 0.3 is 5.97 Å². The Hall–Kier alpha value is -2.13. The molecule has 1 aliphatic carbocycles. The van der Waals surface area contributed by atoms with Crippen molar-refractivity contribution in [3.8, 4) is 6.07 Å². The van der Waals surface area contributed by atoms with E-state index >= 15 is 0 Å². The SMILES string of the molecule is C=C(N)[C@@H](C#N)C(=O)COC(=O)c1cc2c(s1)CCC2. The summed E-state index contributed by atoms with van der Waals surface area (Å²) >= 11 is 1.41. The minimum Gasteiger partial charge on any atom is -0.453 e. The first-order valence-corrected chi connectivity index (χ1v) is 7.00. The van der Waals surface area contributed by atoms with Crippen LogP contribution < -0.4 is 5.73 Å². The predicted molar refractivity (Wildman–Crippen MR) is 74.1 cm³/mol. The van der Waals surface area contributed by atoms with E-state index in [-0.39, 0.29) is 5.70 Å². The van der Waals surface area contributed by atoms with E-state index in [0.29, 0.717) is 4.88 Å². The van der Waals surface area contributed by atoms with Gasteiger partial charge in [0.25, 0.3) is 0 Å². The lowest BCUT2D eigenvalue weighted by molar-refractivity contribution is -0.123. The van der Waals surface area contributed by atoms with Gasteiger partial charge in [-0.25, -0.2) is 4.79 Å². The second kappa shape index (κ2) is 5.88. The number of esters is 1. The van der Waals surface area contributed by atoms with Crippen LogP contribution in [0.4, 0.5) is 0 Å². The molecule has 104 valence electrons. The number of aryl methyl sites for hydroxylation is 2. The van der Waals surface area contributed by atoms with Gasteiger partial charge in [-0.05, 0) is 30.9 Å². The Kier molecular flexibility index (Phi) is 4.20. The zero-order chi connectivity index (χ0) is 14.7. The summed E-state index contributed by atoms with van der Waals surface area (Å²) in [6, 6.07) is 3.56. The molecule has 5 nitrogen and oxygen atoms in total. The molecule has 6 heteroatoms. The lowest BCUT2D eigenvalue weighted by Crippen LogP contribution is -2.24. The number of nitriles is 1. The standard InChI is InChI=1S/C14H14N2O3S/c1-8(16)10(6-15)11(17)7-19-14(18)13-5-9-3-2-4-12(9)20-13/h5,10H,1-4,7,16H2/t10-/m1/s1. The fourth-order valence-corrected chi connectivity index (χ4v) is 3.23. The second-order valence-corrected chi connectivity index (χ2v) is 5.73. The van der Waals surface area contributed by atoms with Gasteiger partial charge < -0.3 is 10.5 Å². The zero-order valence-electron chi connectivity index (χ0n) is 10.8. The van der Waals surface area contributed by atoms with Gasteiger partial charge in [0.2, 0.25) is 0 Å². The molecule has 1 atom stereocenters. The van der Waals surface area contributed by atoms with Crippen molar-refractivity contribution in [3.05, 3.63) is 33.7 Å². The van der Waals surface area contributed by atoms with E-state index in [9.17, 15) is 9.59 Å². The highest BCUT2D eigenvalue weighted by molar-refractivity contribution is 7.14. The van der Waals surface area contributed by atoms with E-state index in [1.807, 2.05) is 6.07 Å². The number of ether oxygens (including phenoxy) is 1. The maximum absolute atomic E-state index is 11.8. The lowest BCUT2D eigenvalue weighted by Gasteiger charge is -2.07. The van der Waals surface area contributed by atoms with Gasteiger partial charge in [0.15, 0.2) is 12.4 Å². The van der Waals surface area contributed by atoms with Crippen LogP contribution in [0.3, 0.4) is 0 Å². The summed E-state index contributed by atoms with van der Waals surface area (Å²) in [5.41, 5.74) is 6.49. The predicted octanol–water partition coefficient (Wildman–Crippen LogP) is 1.57. The zero-order valence-corrected chi connectivity index (χ0v) is 11.7. The van der Waals surface area contributed by atoms with Gasteiger partial charge in [0.1, 0.15) is 10.8 Å². The summed E-state index contributed by atoms with van der Waals surface area (Å²) in [7, 11) is 0. The van der Waals surface area contributed by atoms with Crippen molar-refractivity contribution in [2.24, 2.45) is 11.7 Å². The highest BCUT2D eigenvalue weighted by atomic mass is 32.1. The summed E-state index contributed by atoms with van der Waals surface area (Å²) in [6.07, 6.45) is 3.11. The molecule has 1 aromatic rings. The van der Waals surface area contributed by atoms with Crippen LogP contribution in [0.5, 0.6) is 0 Å². The maximum atomic E-state index is 11.8. The van der Waals surface area contributed by atoms with E-state index in [2.05, 4.69) is 6.58 Å². The van der Waals surface area contributed by atoms with E-state index < -0.39 is 24.3 Å². The van der Waals surface area contributed by atoms with Crippen molar-refractivity contribution in [2.75, 3.05) is 6.61 Å². The average molecular weight is 290 g/mol. The number of nitrogens with two attached hydrogens (primary N) is 1. The van der Waals surface area contributed by atoms with Crippen LogP contribution >= 0.6 is 11.3 Å². The van der Waals surface area contributed by atoms with Crippen molar-refractivity contribution in [1.29, 1.82) is 5.26 Å². The molecule has 0 bridgehead atoms. The minimum atomic E-state index is -1.13. The number of nitrogens with zero attached hydrogens (tertiary/aromatic N) is 1. The Balaban J connectivity index is 1.93. The lowest BCUT2D eigenvalue weighted by atomic mass is 10.0. The molecule has 2 N–H and O–H groups in total. The van der Waals surface area contributed by atoms with Crippen LogP contribution in [-0.4, -0.2) is 18.4 Å². The molecule has 20 heavy (non-hydrogen) atoms. The van der Waals surface area contributed by atoms with Crippen LogP contribution in [0.25, 0.3) is 0 Å². The number of ketones is 1. The van der Waals surface area contributed by atoms with Gasteiger partial charge in [-0.2, -0.15) is 5.26 Å². The molecule has 0 radical (unpaired) electrons. The number of hydrogen-bond acceptors (Lipinski definition) is 6. The van der Waals surface area contributed by atoms with Crippen LogP contribution in [0.1, 0.15) is 26.5 Å². The smallest absolute Gasteiger partial charge is 0.348 e. The topological polar surface area (TPSA) is 93.2 Å². The molecule has 2 rings (SSSR count). The van der Waals surface area contributed by atoms with Gasteiger partial charge in [0, 0.05) is 10.6 Å². The molecule has 0 aliphatic heterocycles. The van der Waals surface area contributed by atoms with Gasteiger partial charge in [-0.15, -0.1) is 11.3 Å². The Bertz CT molecular complexity index is 591. The van der Waals surface area contributed by atoms with Crippen molar-refractivity contribution in [2.45, 2.75) is 19.3 Å². The first-order chi connectivity index (χ1) is 9.52. The van der Waals surface area contributed by atoms with Crippen molar-refractivity contribution in [3.63, 3.8) is 0 Å². The Morgan fingerprint density at radius 1 is 1.55 bits per heavy atom. The molecule has 1 aromatic heterocycles. The Labute approximate surface area is 120 Å². The number of rotatable bonds is 5. The van der Waals surface area contributed by atoms with E-state index in [1.54, 1.807) is 6.07 Å². The highest BCUT2D eigenvalue weighted by Crippen LogP contribution is 2.30. The number of carbonyl (C=O) groups is 2. The Morgan fingerprint density at radius 2 is 2.30 bits per heavy atom. The van der Waals surface area contributed by atoms with Crippen molar-refractivity contribution >= 4 is 23.1 Å². The van der Waals surface area contributed by atoms with Crippen molar-refractivity contribution < 1.29 is 14.3 Å². The first-order valence-electron chi connectivity index (χ1n) is 6.18. The van der Waals surface area contributed by atoms with Gasteiger partial charge in [0.05, 0.1) is 6.07 Å².